The van der Waals surface area contributed by atoms with Gasteiger partial charge in [-0.3, -0.25) is 4.79 Å². The van der Waals surface area contributed by atoms with Crippen LogP contribution in [0.5, 0.6) is 0 Å². The maximum Gasteiger partial charge on any atom is 0.397 e. The molecule has 0 aliphatic heterocycles. The molecule has 1 rings (SSSR count). The molecule has 170 valence electrons. The normalized spacial score (nSPS) is 16.7. The number of carbonyl (C=O) groups is 2. The molecule has 0 spiro atoms. The average molecular weight is 417 g/mol. The summed E-state index contributed by atoms with van der Waals surface area (Å²) in [4.78, 5) is 22.5. The molecular weight excluding hydrogens is 375 g/mol. The highest BCUT2D eigenvalue weighted by Gasteiger charge is 2.23. The van der Waals surface area contributed by atoms with Crippen molar-refractivity contribution in [1.82, 2.24) is 10.6 Å². The van der Waals surface area contributed by atoms with E-state index in [0.29, 0.717) is 38.5 Å². The lowest BCUT2D eigenvalue weighted by molar-refractivity contribution is -0.125. The third-order valence-corrected chi connectivity index (χ3v) is 5.48. The van der Waals surface area contributed by atoms with Gasteiger partial charge in [-0.2, -0.15) is 0 Å². The van der Waals surface area contributed by atoms with Crippen molar-refractivity contribution in [2.75, 3.05) is 19.8 Å². The summed E-state index contributed by atoms with van der Waals surface area (Å²) in [6.07, 6.45) is 8.47. The fraction of sp³-hybridized carbons (Fsp3) is 0.909. The van der Waals surface area contributed by atoms with E-state index in [1.165, 1.54) is 32.1 Å². The summed E-state index contributed by atoms with van der Waals surface area (Å²) in [6, 6.07) is 0.314. The Labute approximate surface area is 175 Å². The van der Waals surface area contributed by atoms with Crippen LogP contribution >= 0.6 is 0 Å². The first-order valence-corrected chi connectivity index (χ1v) is 11.1. The van der Waals surface area contributed by atoms with Crippen molar-refractivity contribution in [3.8, 4) is 0 Å². The van der Waals surface area contributed by atoms with Crippen LogP contribution in [0.25, 0.3) is 0 Å². The molecule has 0 aromatic rings. The lowest BCUT2D eigenvalue weighted by Gasteiger charge is -2.30. The maximum atomic E-state index is 12.2. The number of hydrogen-bond donors (Lipinski definition) is 2. The molecule has 0 bridgehead atoms. The molecule has 1 aliphatic rings. The minimum Gasteiger partial charge on any atom is -0.375 e. The number of amides is 2. The zero-order valence-corrected chi connectivity index (χ0v) is 18.8. The molecule has 0 saturated heterocycles. The zero-order chi connectivity index (χ0) is 21.8. The minimum absolute atomic E-state index is 0.0682. The lowest BCUT2D eigenvalue weighted by atomic mass is 9.96. The van der Waals surface area contributed by atoms with Crippen LogP contribution in [0, 0.1) is 0 Å². The van der Waals surface area contributed by atoms with Crippen molar-refractivity contribution >= 4 is 12.1 Å². The number of halogens is 1. The van der Waals surface area contributed by atoms with Crippen molar-refractivity contribution in [1.29, 1.82) is 0 Å². The van der Waals surface area contributed by atoms with E-state index < -0.39 is 17.4 Å². The maximum absolute atomic E-state index is 12.2. The van der Waals surface area contributed by atoms with Crippen molar-refractivity contribution in [3.05, 3.63) is 0 Å². The average Bonchev–Trinajstić information content (AvgIpc) is 2.56. The molecule has 1 fully saturated rings. The topological polar surface area (TPSA) is 76.7 Å². The summed E-state index contributed by atoms with van der Waals surface area (Å²) in [6.45, 7) is 8.89. The molecular formula is C22H41FN2O4. The van der Waals surface area contributed by atoms with Crippen LogP contribution in [0.4, 0.5) is 9.18 Å². The van der Waals surface area contributed by atoms with Gasteiger partial charge in [-0.05, 0) is 53.4 Å². The van der Waals surface area contributed by atoms with Crippen LogP contribution < -0.4 is 10.6 Å². The smallest absolute Gasteiger partial charge is 0.375 e. The molecule has 7 heteroatoms. The van der Waals surface area contributed by atoms with Crippen molar-refractivity contribution in [2.24, 2.45) is 0 Å². The second kappa shape index (κ2) is 13.2. The number of carbonyl (C=O) groups excluding carboxylic acids is 2. The van der Waals surface area contributed by atoms with Gasteiger partial charge >= 0.3 is 6.16 Å². The third-order valence-electron chi connectivity index (χ3n) is 5.48. The number of nitrogens with one attached hydrogen (secondary N) is 2. The summed E-state index contributed by atoms with van der Waals surface area (Å²) in [7, 11) is 0. The molecule has 0 aromatic carbocycles. The van der Waals surface area contributed by atoms with Gasteiger partial charge in [0.05, 0.1) is 24.4 Å². The van der Waals surface area contributed by atoms with Gasteiger partial charge in [-0.15, -0.1) is 4.39 Å². The van der Waals surface area contributed by atoms with Crippen LogP contribution in [0.1, 0.15) is 91.9 Å². The quantitative estimate of drug-likeness (QED) is 0.358. The Bertz CT molecular complexity index is 489. The standard InChI is InChI=1S/C22H41FN2O4/c1-21(2,13-15-24-20(23)27)29-17-14-22(3,4)28-16-12-19(26)25-18-10-8-6-5-7-9-11-18/h18H,5-17H2,1-4H3,(H,24,27)(H,25,26). The van der Waals surface area contributed by atoms with Crippen molar-refractivity contribution < 1.29 is 23.5 Å². The van der Waals surface area contributed by atoms with E-state index in [0.717, 1.165) is 12.8 Å². The first-order chi connectivity index (χ1) is 13.6. The predicted molar refractivity (Wildman–Crippen MR) is 113 cm³/mol. The Kier molecular flexibility index (Phi) is 11.7. The van der Waals surface area contributed by atoms with Gasteiger partial charge in [-0.25, -0.2) is 4.79 Å². The van der Waals surface area contributed by atoms with Gasteiger partial charge in [0.1, 0.15) is 0 Å². The zero-order valence-electron chi connectivity index (χ0n) is 18.8. The van der Waals surface area contributed by atoms with Gasteiger partial charge in [0, 0.05) is 19.0 Å². The monoisotopic (exact) mass is 416 g/mol. The molecule has 29 heavy (non-hydrogen) atoms. The molecule has 0 heterocycles. The molecule has 1 aliphatic carbocycles. The summed E-state index contributed by atoms with van der Waals surface area (Å²) < 4.78 is 24.0. The fourth-order valence-electron chi connectivity index (χ4n) is 3.50. The predicted octanol–water partition coefficient (Wildman–Crippen LogP) is 4.66. The Morgan fingerprint density at radius 2 is 1.45 bits per heavy atom. The van der Waals surface area contributed by atoms with E-state index in [-0.39, 0.29) is 12.5 Å². The second-order valence-electron chi connectivity index (χ2n) is 9.28. The fourth-order valence-corrected chi connectivity index (χ4v) is 3.50. The Morgan fingerprint density at radius 1 is 0.897 bits per heavy atom. The molecule has 2 amide bonds. The summed E-state index contributed by atoms with van der Waals surface area (Å²) in [5.74, 6) is 0.0682. The number of rotatable bonds is 12. The highest BCUT2D eigenvalue weighted by Crippen LogP contribution is 2.20. The van der Waals surface area contributed by atoms with Crippen molar-refractivity contribution in [3.63, 3.8) is 0 Å². The minimum atomic E-state index is -1.52. The number of hydrogen-bond acceptors (Lipinski definition) is 4. The SMILES string of the molecule is CC(C)(CCNC(=O)F)OCCC(C)(C)OCCC(=O)NC1CCCCCCC1. The summed E-state index contributed by atoms with van der Waals surface area (Å²) in [5, 5.41) is 5.30. The van der Waals surface area contributed by atoms with E-state index in [4.69, 9.17) is 9.47 Å². The van der Waals surface area contributed by atoms with E-state index >= 15 is 0 Å². The Balaban J connectivity index is 2.20. The van der Waals surface area contributed by atoms with Gasteiger partial charge in [0.25, 0.3) is 0 Å². The molecule has 0 atom stereocenters. The van der Waals surface area contributed by atoms with Crippen LogP contribution in [0.2, 0.25) is 0 Å². The van der Waals surface area contributed by atoms with Gasteiger partial charge < -0.3 is 20.1 Å². The Hall–Kier alpha value is -1.21. The molecule has 0 unspecified atom stereocenters. The van der Waals surface area contributed by atoms with E-state index in [1.807, 2.05) is 27.7 Å². The highest BCUT2D eigenvalue weighted by molar-refractivity contribution is 5.76. The molecule has 6 nitrogen and oxygen atoms in total. The first-order valence-electron chi connectivity index (χ1n) is 11.1. The highest BCUT2D eigenvalue weighted by atomic mass is 19.1. The third kappa shape index (κ3) is 13.6. The second-order valence-corrected chi connectivity index (χ2v) is 9.28. The lowest BCUT2D eigenvalue weighted by Crippen LogP contribution is -2.37. The largest absolute Gasteiger partial charge is 0.397 e. The van der Waals surface area contributed by atoms with E-state index in [9.17, 15) is 14.0 Å². The molecule has 1 saturated carbocycles. The van der Waals surface area contributed by atoms with Crippen LogP contribution in [0.3, 0.4) is 0 Å². The molecule has 0 aromatic heterocycles. The molecule has 0 radical (unpaired) electrons. The van der Waals surface area contributed by atoms with E-state index in [2.05, 4.69) is 10.6 Å². The van der Waals surface area contributed by atoms with Gasteiger partial charge in [0.15, 0.2) is 0 Å². The summed E-state index contributed by atoms with van der Waals surface area (Å²) in [5.41, 5.74) is -0.861. The first kappa shape index (κ1) is 25.8. The van der Waals surface area contributed by atoms with Crippen LogP contribution in [0.15, 0.2) is 0 Å². The Morgan fingerprint density at radius 3 is 2.07 bits per heavy atom. The summed E-state index contributed by atoms with van der Waals surface area (Å²) >= 11 is 0. The van der Waals surface area contributed by atoms with Crippen molar-refractivity contribution in [2.45, 2.75) is 109 Å². The van der Waals surface area contributed by atoms with Gasteiger partial charge in [0.2, 0.25) is 5.91 Å². The van der Waals surface area contributed by atoms with E-state index in [1.54, 1.807) is 0 Å². The molecule has 2 N–H and O–H groups in total. The van der Waals surface area contributed by atoms with Crippen LogP contribution in [-0.2, 0) is 14.3 Å². The number of ether oxygens (including phenoxy) is 2. The van der Waals surface area contributed by atoms with Gasteiger partial charge in [-0.1, -0.05) is 32.1 Å². The van der Waals surface area contributed by atoms with Crippen LogP contribution in [-0.4, -0.2) is 49.1 Å².